The quantitative estimate of drug-likeness (QED) is 0.749. The van der Waals surface area contributed by atoms with Crippen molar-refractivity contribution in [1.82, 2.24) is 15.3 Å². The summed E-state index contributed by atoms with van der Waals surface area (Å²) >= 11 is 5.89. The largest absolute Gasteiger partial charge is 0.354 e. The Labute approximate surface area is 154 Å². The number of hydrogen-bond acceptors (Lipinski definition) is 4. The number of aryl methyl sites for hydroxylation is 1. The number of carbonyl (C=O) groups excluding carboxylic acids is 1. The predicted molar refractivity (Wildman–Crippen MR) is 102 cm³/mol. The molecule has 0 saturated heterocycles. The SMILES string of the molecule is Cc1cc(C(=O)NCCC(C)C)nc(NCCc2ccc(Cl)cc2)n1. The number of nitrogens with one attached hydrogen (secondary N) is 2. The summed E-state index contributed by atoms with van der Waals surface area (Å²) in [6.07, 6.45) is 1.77. The molecule has 0 saturated carbocycles. The number of benzene rings is 1. The first-order valence-electron chi connectivity index (χ1n) is 8.56. The van der Waals surface area contributed by atoms with Gasteiger partial charge in [0.25, 0.3) is 5.91 Å². The van der Waals surface area contributed by atoms with Crippen LogP contribution in [-0.4, -0.2) is 29.0 Å². The minimum Gasteiger partial charge on any atom is -0.354 e. The van der Waals surface area contributed by atoms with E-state index in [0.29, 0.717) is 30.6 Å². The van der Waals surface area contributed by atoms with E-state index in [4.69, 9.17) is 11.6 Å². The molecule has 0 unspecified atom stereocenters. The molecule has 25 heavy (non-hydrogen) atoms. The van der Waals surface area contributed by atoms with Crippen molar-refractivity contribution in [3.8, 4) is 0 Å². The van der Waals surface area contributed by atoms with E-state index >= 15 is 0 Å². The van der Waals surface area contributed by atoms with E-state index < -0.39 is 0 Å². The number of anilines is 1. The van der Waals surface area contributed by atoms with Crippen molar-refractivity contribution in [2.75, 3.05) is 18.4 Å². The van der Waals surface area contributed by atoms with Crippen LogP contribution in [-0.2, 0) is 6.42 Å². The van der Waals surface area contributed by atoms with Crippen LogP contribution in [0.2, 0.25) is 5.02 Å². The summed E-state index contributed by atoms with van der Waals surface area (Å²) in [6.45, 7) is 7.45. The Bertz CT molecular complexity index is 701. The molecule has 0 aliphatic rings. The Morgan fingerprint density at radius 2 is 1.88 bits per heavy atom. The number of amides is 1. The third-order valence-electron chi connectivity index (χ3n) is 3.70. The average Bonchev–Trinajstić information content (AvgIpc) is 2.56. The van der Waals surface area contributed by atoms with Gasteiger partial charge in [-0.25, -0.2) is 9.97 Å². The van der Waals surface area contributed by atoms with Crippen LogP contribution >= 0.6 is 11.6 Å². The van der Waals surface area contributed by atoms with Crippen molar-refractivity contribution in [3.63, 3.8) is 0 Å². The minimum atomic E-state index is -0.160. The van der Waals surface area contributed by atoms with Crippen molar-refractivity contribution in [1.29, 1.82) is 0 Å². The van der Waals surface area contributed by atoms with Crippen molar-refractivity contribution >= 4 is 23.5 Å². The highest BCUT2D eigenvalue weighted by molar-refractivity contribution is 6.30. The van der Waals surface area contributed by atoms with E-state index in [0.717, 1.165) is 23.6 Å². The third-order valence-corrected chi connectivity index (χ3v) is 3.96. The summed E-state index contributed by atoms with van der Waals surface area (Å²) in [7, 11) is 0. The van der Waals surface area contributed by atoms with E-state index in [1.165, 1.54) is 5.56 Å². The Morgan fingerprint density at radius 3 is 2.56 bits per heavy atom. The lowest BCUT2D eigenvalue weighted by molar-refractivity contribution is 0.0947. The summed E-state index contributed by atoms with van der Waals surface area (Å²) in [5, 5.41) is 6.81. The Morgan fingerprint density at radius 1 is 1.16 bits per heavy atom. The fourth-order valence-corrected chi connectivity index (χ4v) is 2.42. The molecule has 0 fully saturated rings. The molecule has 2 N–H and O–H groups in total. The van der Waals surface area contributed by atoms with Crippen molar-refractivity contribution < 1.29 is 4.79 Å². The van der Waals surface area contributed by atoms with Gasteiger partial charge in [0.05, 0.1) is 0 Å². The molecule has 2 aromatic rings. The third kappa shape index (κ3) is 6.70. The van der Waals surface area contributed by atoms with E-state index in [1.807, 2.05) is 31.2 Å². The first-order valence-corrected chi connectivity index (χ1v) is 8.94. The lowest BCUT2D eigenvalue weighted by Crippen LogP contribution is -2.26. The predicted octanol–water partition coefficient (Wildman–Crippen LogP) is 3.87. The van der Waals surface area contributed by atoms with Gasteiger partial charge in [0.15, 0.2) is 0 Å². The molecule has 6 heteroatoms. The molecular weight excluding hydrogens is 336 g/mol. The second kappa shape index (κ2) is 9.37. The Hall–Kier alpha value is -2.14. The number of aromatic nitrogens is 2. The second-order valence-corrected chi connectivity index (χ2v) is 6.90. The fraction of sp³-hybridized carbons (Fsp3) is 0.421. The van der Waals surface area contributed by atoms with Crippen molar-refractivity contribution in [2.45, 2.75) is 33.6 Å². The topological polar surface area (TPSA) is 66.9 Å². The highest BCUT2D eigenvalue weighted by atomic mass is 35.5. The second-order valence-electron chi connectivity index (χ2n) is 6.46. The van der Waals surface area contributed by atoms with Crippen LogP contribution in [0.4, 0.5) is 5.95 Å². The highest BCUT2D eigenvalue weighted by Gasteiger charge is 2.10. The molecule has 0 aliphatic heterocycles. The maximum atomic E-state index is 12.2. The molecule has 1 aromatic carbocycles. The molecule has 0 bridgehead atoms. The van der Waals surface area contributed by atoms with Gasteiger partial charge in [0, 0.05) is 23.8 Å². The molecular formula is C19H25ClN4O. The van der Waals surface area contributed by atoms with Crippen LogP contribution in [0, 0.1) is 12.8 Å². The maximum absolute atomic E-state index is 12.2. The van der Waals surface area contributed by atoms with E-state index in [9.17, 15) is 4.79 Å². The molecule has 0 radical (unpaired) electrons. The summed E-state index contributed by atoms with van der Waals surface area (Å²) in [4.78, 5) is 20.9. The number of halogens is 1. The summed E-state index contributed by atoms with van der Waals surface area (Å²) in [6, 6.07) is 9.44. The summed E-state index contributed by atoms with van der Waals surface area (Å²) in [5.41, 5.74) is 2.33. The highest BCUT2D eigenvalue weighted by Crippen LogP contribution is 2.10. The van der Waals surface area contributed by atoms with Gasteiger partial charge in [0.2, 0.25) is 5.95 Å². The van der Waals surface area contributed by atoms with Gasteiger partial charge in [-0.05, 0) is 49.4 Å². The standard InChI is InChI=1S/C19H25ClN4O/c1-13(2)8-10-21-18(25)17-12-14(3)23-19(24-17)22-11-9-15-4-6-16(20)7-5-15/h4-7,12-13H,8-11H2,1-3H3,(H,21,25)(H,22,23,24). The zero-order valence-corrected chi connectivity index (χ0v) is 15.7. The van der Waals surface area contributed by atoms with Crippen LogP contribution in [0.3, 0.4) is 0 Å². The van der Waals surface area contributed by atoms with Gasteiger partial charge in [-0.2, -0.15) is 0 Å². The summed E-state index contributed by atoms with van der Waals surface area (Å²) in [5.74, 6) is 0.868. The maximum Gasteiger partial charge on any atom is 0.270 e. The lowest BCUT2D eigenvalue weighted by atomic mass is 10.1. The van der Waals surface area contributed by atoms with Gasteiger partial charge < -0.3 is 10.6 Å². The van der Waals surface area contributed by atoms with E-state index in [2.05, 4.69) is 34.4 Å². The molecule has 1 heterocycles. The van der Waals surface area contributed by atoms with Gasteiger partial charge in [-0.3, -0.25) is 4.79 Å². The molecule has 5 nitrogen and oxygen atoms in total. The van der Waals surface area contributed by atoms with E-state index in [-0.39, 0.29) is 5.91 Å². The van der Waals surface area contributed by atoms with E-state index in [1.54, 1.807) is 6.07 Å². The number of nitrogens with zero attached hydrogens (tertiary/aromatic N) is 2. The fourth-order valence-electron chi connectivity index (χ4n) is 2.30. The molecule has 0 spiro atoms. The zero-order chi connectivity index (χ0) is 18.2. The average molecular weight is 361 g/mol. The Balaban J connectivity index is 1.91. The number of hydrogen-bond donors (Lipinski definition) is 2. The normalized spacial score (nSPS) is 10.8. The summed E-state index contributed by atoms with van der Waals surface area (Å²) < 4.78 is 0. The van der Waals surface area contributed by atoms with Gasteiger partial charge in [-0.1, -0.05) is 37.6 Å². The van der Waals surface area contributed by atoms with Crippen LogP contribution in [0.5, 0.6) is 0 Å². The van der Waals surface area contributed by atoms with Crippen LogP contribution in [0.25, 0.3) is 0 Å². The minimum absolute atomic E-state index is 0.160. The lowest BCUT2D eigenvalue weighted by Gasteiger charge is -2.10. The van der Waals surface area contributed by atoms with Gasteiger partial charge >= 0.3 is 0 Å². The van der Waals surface area contributed by atoms with Gasteiger partial charge in [-0.15, -0.1) is 0 Å². The molecule has 0 aliphatic carbocycles. The number of rotatable bonds is 8. The Kier molecular flexibility index (Phi) is 7.19. The first-order chi connectivity index (χ1) is 11.9. The van der Waals surface area contributed by atoms with Crippen molar-refractivity contribution in [2.24, 2.45) is 5.92 Å². The zero-order valence-electron chi connectivity index (χ0n) is 15.0. The van der Waals surface area contributed by atoms with Gasteiger partial charge in [0.1, 0.15) is 5.69 Å². The number of carbonyl (C=O) groups is 1. The monoisotopic (exact) mass is 360 g/mol. The molecule has 1 amide bonds. The molecule has 1 aromatic heterocycles. The van der Waals surface area contributed by atoms with Crippen LogP contribution in [0.15, 0.2) is 30.3 Å². The van der Waals surface area contributed by atoms with Crippen molar-refractivity contribution in [3.05, 3.63) is 52.3 Å². The first kappa shape index (κ1) is 19.2. The molecule has 2 rings (SSSR count). The smallest absolute Gasteiger partial charge is 0.270 e. The van der Waals surface area contributed by atoms with Crippen LogP contribution < -0.4 is 10.6 Å². The van der Waals surface area contributed by atoms with Crippen LogP contribution in [0.1, 0.15) is 42.0 Å². The molecule has 134 valence electrons. The molecule has 0 atom stereocenters.